The first kappa shape index (κ1) is 14.5. The molecule has 0 spiro atoms. The first-order chi connectivity index (χ1) is 9.40. The van der Waals surface area contributed by atoms with Crippen molar-refractivity contribution in [2.75, 3.05) is 5.32 Å². The zero-order chi connectivity index (χ0) is 14.8. The SMILES string of the molecule is C#CC(N=C(N)Nc1ccc2c(c1)CCC2)C(C)(C)C. The lowest BCUT2D eigenvalue weighted by Crippen LogP contribution is -2.30. The molecule has 1 atom stereocenters. The molecule has 0 aliphatic heterocycles. The Morgan fingerprint density at radius 2 is 2.05 bits per heavy atom. The number of nitrogens with one attached hydrogen (secondary N) is 1. The van der Waals surface area contributed by atoms with Gasteiger partial charge in [0.25, 0.3) is 0 Å². The fraction of sp³-hybridized carbons (Fsp3) is 0.471. The molecule has 1 aliphatic rings. The first-order valence-corrected chi connectivity index (χ1v) is 7.08. The standard InChI is InChI=1S/C17H23N3/c1-5-15(17(2,3)4)20-16(18)19-14-10-9-12-7-6-8-13(12)11-14/h1,9-11,15H,6-8H2,2-4H3,(H3,18,19,20). The number of hydrogen-bond acceptors (Lipinski definition) is 1. The van der Waals surface area contributed by atoms with Crippen LogP contribution in [-0.2, 0) is 12.8 Å². The highest BCUT2D eigenvalue weighted by atomic mass is 15.1. The van der Waals surface area contributed by atoms with Gasteiger partial charge in [0.15, 0.2) is 5.96 Å². The smallest absolute Gasteiger partial charge is 0.194 e. The van der Waals surface area contributed by atoms with E-state index < -0.39 is 0 Å². The van der Waals surface area contributed by atoms with E-state index in [1.807, 2.05) is 0 Å². The zero-order valence-electron chi connectivity index (χ0n) is 12.5. The van der Waals surface area contributed by atoms with E-state index in [9.17, 15) is 0 Å². The van der Waals surface area contributed by atoms with E-state index in [-0.39, 0.29) is 11.5 Å². The van der Waals surface area contributed by atoms with Crippen molar-refractivity contribution >= 4 is 11.6 Å². The van der Waals surface area contributed by atoms with Gasteiger partial charge >= 0.3 is 0 Å². The summed E-state index contributed by atoms with van der Waals surface area (Å²) >= 11 is 0. The van der Waals surface area contributed by atoms with Crippen LogP contribution in [0.2, 0.25) is 0 Å². The Morgan fingerprint density at radius 1 is 1.35 bits per heavy atom. The summed E-state index contributed by atoms with van der Waals surface area (Å²) in [6.07, 6.45) is 9.11. The lowest BCUT2D eigenvalue weighted by atomic mass is 9.88. The highest BCUT2D eigenvalue weighted by molar-refractivity contribution is 5.92. The lowest BCUT2D eigenvalue weighted by Gasteiger charge is -2.23. The van der Waals surface area contributed by atoms with Crippen LogP contribution in [0.1, 0.15) is 38.3 Å². The minimum absolute atomic E-state index is 0.0982. The molecule has 2 rings (SSSR count). The molecule has 0 amide bonds. The van der Waals surface area contributed by atoms with Gasteiger partial charge < -0.3 is 11.1 Å². The van der Waals surface area contributed by atoms with E-state index in [2.05, 4.69) is 55.2 Å². The fourth-order valence-corrected chi connectivity index (χ4v) is 2.45. The molecular weight excluding hydrogens is 246 g/mol. The normalized spacial score (nSPS) is 16.4. The maximum absolute atomic E-state index is 5.97. The van der Waals surface area contributed by atoms with Crippen LogP contribution in [0.4, 0.5) is 5.69 Å². The summed E-state index contributed by atoms with van der Waals surface area (Å²) in [7, 11) is 0. The van der Waals surface area contributed by atoms with E-state index in [1.54, 1.807) is 0 Å². The van der Waals surface area contributed by atoms with Crippen LogP contribution in [0.5, 0.6) is 0 Å². The summed E-state index contributed by atoms with van der Waals surface area (Å²) in [4.78, 5) is 4.40. The first-order valence-electron chi connectivity index (χ1n) is 7.08. The predicted molar refractivity (Wildman–Crippen MR) is 85.8 cm³/mol. The Balaban J connectivity index is 2.11. The zero-order valence-corrected chi connectivity index (χ0v) is 12.5. The van der Waals surface area contributed by atoms with Crippen LogP contribution in [0.3, 0.4) is 0 Å². The number of anilines is 1. The maximum Gasteiger partial charge on any atom is 0.194 e. The molecule has 3 heteroatoms. The molecule has 0 aromatic heterocycles. The monoisotopic (exact) mass is 269 g/mol. The molecule has 3 N–H and O–H groups in total. The summed E-state index contributed by atoms with van der Waals surface area (Å²) in [5, 5.41) is 3.14. The summed E-state index contributed by atoms with van der Waals surface area (Å²) in [5.74, 6) is 3.07. The molecule has 106 valence electrons. The number of hydrogen-bond donors (Lipinski definition) is 2. The van der Waals surface area contributed by atoms with Gasteiger partial charge in [0.05, 0.1) is 0 Å². The van der Waals surface area contributed by atoms with Gasteiger partial charge in [-0.25, -0.2) is 4.99 Å². The van der Waals surface area contributed by atoms with Gasteiger partial charge in [-0.15, -0.1) is 6.42 Å². The van der Waals surface area contributed by atoms with Gasteiger partial charge in [-0.05, 0) is 47.9 Å². The van der Waals surface area contributed by atoms with Gasteiger partial charge in [0, 0.05) is 5.69 Å². The molecule has 0 saturated carbocycles. The van der Waals surface area contributed by atoms with E-state index in [1.165, 1.54) is 24.0 Å². The summed E-state index contributed by atoms with van der Waals surface area (Å²) in [6.45, 7) is 6.18. The van der Waals surface area contributed by atoms with Crippen molar-refractivity contribution in [2.45, 2.75) is 46.1 Å². The third-order valence-electron chi connectivity index (χ3n) is 3.62. The lowest BCUT2D eigenvalue weighted by molar-refractivity contribution is 0.376. The third-order valence-corrected chi connectivity index (χ3v) is 3.62. The van der Waals surface area contributed by atoms with Crippen LogP contribution < -0.4 is 11.1 Å². The maximum atomic E-state index is 5.97. The number of guanidine groups is 1. The van der Waals surface area contributed by atoms with Gasteiger partial charge in [0.2, 0.25) is 0 Å². The predicted octanol–water partition coefficient (Wildman–Crippen LogP) is 2.95. The van der Waals surface area contributed by atoms with Crippen LogP contribution in [0, 0.1) is 17.8 Å². The molecule has 1 aromatic rings. The van der Waals surface area contributed by atoms with E-state index >= 15 is 0 Å². The average Bonchev–Trinajstić information content (AvgIpc) is 2.81. The fourth-order valence-electron chi connectivity index (χ4n) is 2.45. The molecule has 3 nitrogen and oxygen atoms in total. The number of fused-ring (bicyclic) bond motifs is 1. The highest BCUT2D eigenvalue weighted by Crippen LogP contribution is 2.25. The molecule has 0 saturated heterocycles. The quantitative estimate of drug-likeness (QED) is 0.493. The molecule has 0 fully saturated rings. The van der Waals surface area contributed by atoms with Crippen LogP contribution in [0.25, 0.3) is 0 Å². The average molecular weight is 269 g/mol. The minimum Gasteiger partial charge on any atom is -0.370 e. The van der Waals surface area contributed by atoms with Crippen molar-refractivity contribution in [2.24, 2.45) is 16.1 Å². The number of terminal acetylenes is 1. The Labute approximate surface area is 121 Å². The van der Waals surface area contributed by atoms with Crippen molar-refractivity contribution in [3.05, 3.63) is 29.3 Å². The topological polar surface area (TPSA) is 50.4 Å². The Morgan fingerprint density at radius 3 is 2.70 bits per heavy atom. The molecule has 1 aromatic carbocycles. The Hall–Kier alpha value is -1.95. The Bertz CT molecular complexity index is 559. The van der Waals surface area contributed by atoms with E-state index in [4.69, 9.17) is 12.2 Å². The van der Waals surface area contributed by atoms with Crippen LogP contribution in [-0.4, -0.2) is 12.0 Å². The molecule has 0 bridgehead atoms. The highest BCUT2D eigenvalue weighted by Gasteiger charge is 2.22. The summed E-state index contributed by atoms with van der Waals surface area (Å²) < 4.78 is 0. The Kier molecular flexibility index (Phi) is 4.04. The van der Waals surface area contributed by atoms with Crippen molar-refractivity contribution in [1.29, 1.82) is 0 Å². The summed E-state index contributed by atoms with van der Waals surface area (Å²) in [5.41, 5.74) is 9.71. The van der Waals surface area contributed by atoms with E-state index in [0.717, 1.165) is 12.1 Å². The summed E-state index contributed by atoms with van der Waals surface area (Å²) in [6, 6.07) is 6.14. The third kappa shape index (κ3) is 3.33. The number of rotatable bonds is 2. The van der Waals surface area contributed by atoms with Crippen LogP contribution in [0.15, 0.2) is 23.2 Å². The second-order valence-corrected chi connectivity index (χ2v) is 6.41. The van der Waals surface area contributed by atoms with Crippen molar-refractivity contribution in [3.8, 4) is 12.3 Å². The second-order valence-electron chi connectivity index (χ2n) is 6.41. The number of aryl methyl sites for hydroxylation is 2. The van der Waals surface area contributed by atoms with Gasteiger partial charge in [-0.1, -0.05) is 32.8 Å². The molecule has 20 heavy (non-hydrogen) atoms. The molecule has 1 aliphatic carbocycles. The van der Waals surface area contributed by atoms with Gasteiger partial charge in [-0.2, -0.15) is 0 Å². The van der Waals surface area contributed by atoms with Crippen LogP contribution >= 0.6 is 0 Å². The molecule has 0 radical (unpaired) electrons. The molecular formula is C17H23N3. The van der Waals surface area contributed by atoms with Crippen molar-refractivity contribution in [1.82, 2.24) is 0 Å². The number of benzene rings is 1. The number of nitrogens with zero attached hydrogens (tertiary/aromatic N) is 1. The van der Waals surface area contributed by atoms with Crippen molar-refractivity contribution < 1.29 is 0 Å². The minimum atomic E-state index is -0.232. The largest absolute Gasteiger partial charge is 0.370 e. The molecule has 0 heterocycles. The van der Waals surface area contributed by atoms with Crippen molar-refractivity contribution in [3.63, 3.8) is 0 Å². The number of nitrogens with two attached hydrogens (primary N) is 1. The van der Waals surface area contributed by atoms with Gasteiger partial charge in [0.1, 0.15) is 6.04 Å². The van der Waals surface area contributed by atoms with E-state index in [0.29, 0.717) is 5.96 Å². The number of aliphatic imine (C=N–C) groups is 1. The molecule has 1 unspecified atom stereocenters. The van der Waals surface area contributed by atoms with Gasteiger partial charge in [-0.3, -0.25) is 0 Å². The second kappa shape index (κ2) is 5.58.